The number of benzene rings is 1. The fraction of sp³-hybridized carbons (Fsp3) is 0.500. The summed E-state index contributed by atoms with van der Waals surface area (Å²) in [6.07, 6.45) is 2.86. The monoisotopic (exact) mass is 289 g/mol. The molecular formula is C16H19NO4. The molecule has 1 aliphatic carbocycles. The number of carboxylic acid groups (broad SMARTS) is 1. The smallest absolute Gasteiger partial charge is 0.326 e. The van der Waals surface area contributed by atoms with Crippen LogP contribution >= 0.6 is 0 Å². The molecular weight excluding hydrogens is 270 g/mol. The number of piperidine rings is 2. The maximum absolute atomic E-state index is 12.4. The van der Waals surface area contributed by atoms with Crippen molar-refractivity contribution >= 4 is 11.9 Å². The van der Waals surface area contributed by atoms with E-state index in [1.54, 1.807) is 0 Å². The molecule has 1 saturated carbocycles. The summed E-state index contributed by atoms with van der Waals surface area (Å²) in [5.74, 6) is -1.07. The number of esters is 1. The number of fused-ring (bicyclic) bond motifs is 3. The van der Waals surface area contributed by atoms with E-state index >= 15 is 0 Å². The first kappa shape index (κ1) is 14.1. The SMILES string of the molecule is O=C(O)[C@H]1NC2(C(=O)OCc3ccccc3)CCC1CC2. The zero-order valence-electron chi connectivity index (χ0n) is 11.7. The second kappa shape index (κ2) is 5.48. The summed E-state index contributed by atoms with van der Waals surface area (Å²) in [7, 11) is 0. The fourth-order valence-corrected chi connectivity index (χ4v) is 3.41. The first-order valence-corrected chi connectivity index (χ1v) is 7.32. The zero-order valence-corrected chi connectivity index (χ0v) is 11.7. The molecule has 2 aliphatic heterocycles. The van der Waals surface area contributed by atoms with Gasteiger partial charge in [0.1, 0.15) is 18.2 Å². The lowest BCUT2D eigenvalue weighted by atomic mass is 9.68. The molecule has 3 aliphatic rings. The van der Waals surface area contributed by atoms with Crippen molar-refractivity contribution < 1.29 is 19.4 Å². The highest BCUT2D eigenvalue weighted by molar-refractivity contribution is 5.84. The van der Waals surface area contributed by atoms with Crippen molar-refractivity contribution in [1.82, 2.24) is 5.32 Å². The van der Waals surface area contributed by atoms with Gasteiger partial charge in [-0.25, -0.2) is 0 Å². The Hall–Kier alpha value is -1.88. The van der Waals surface area contributed by atoms with Gasteiger partial charge in [0.2, 0.25) is 0 Å². The van der Waals surface area contributed by atoms with Crippen molar-refractivity contribution in [3.63, 3.8) is 0 Å². The maximum atomic E-state index is 12.4. The lowest BCUT2D eigenvalue weighted by molar-refractivity contribution is -0.162. The molecule has 2 N–H and O–H groups in total. The minimum absolute atomic E-state index is 0.131. The Morgan fingerprint density at radius 2 is 1.90 bits per heavy atom. The average Bonchev–Trinajstić information content (AvgIpc) is 2.54. The molecule has 5 nitrogen and oxygen atoms in total. The van der Waals surface area contributed by atoms with E-state index in [9.17, 15) is 14.7 Å². The van der Waals surface area contributed by atoms with Crippen LogP contribution in [0.25, 0.3) is 0 Å². The molecule has 0 spiro atoms. The van der Waals surface area contributed by atoms with Crippen LogP contribution < -0.4 is 5.32 Å². The second-order valence-electron chi connectivity index (χ2n) is 5.94. The van der Waals surface area contributed by atoms with Crippen LogP contribution in [0, 0.1) is 5.92 Å². The van der Waals surface area contributed by atoms with Crippen LogP contribution in [0.15, 0.2) is 30.3 Å². The molecule has 0 amide bonds. The summed E-state index contributed by atoms with van der Waals surface area (Å²) in [5, 5.41) is 12.3. The van der Waals surface area contributed by atoms with Gasteiger partial charge >= 0.3 is 11.9 Å². The van der Waals surface area contributed by atoms with E-state index in [0.717, 1.165) is 18.4 Å². The number of hydrogen-bond donors (Lipinski definition) is 2. The van der Waals surface area contributed by atoms with Gasteiger partial charge in [0, 0.05) is 0 Å². The maximum Gasteiger partial charge on any atom is 0.326 e. The van der Waals surface area contributed by atoms with Crippen molar-refractivity contribution in [2.45, 2.75) is 43.9 Å². The molecule has 21 heavy (non-hydrogen) atoms. The molecule has 0 radical (unpaired) electrons. The van der Waals surface area contributed by atoms with Crippen molar-refractivity contribution in [3.05, 3.63) is 35.9 Å². The predicted molar refractivity (Wildman–Crippen MR) is 75.5 cm³/mol. The van der Waals surface area contributed by atoms with Gasteiger partial charge in [0.25, 0.3) is 0 Å². The minimum Gasteiger partial charge on any atom is -0.480 e. The Balaban J connectivity index is 1.67. The molecule has 2 bridgehead atoms. The number of carboxylic acids is 1. The Labute approximate surface area is 123 Å². The summed E-state index contributed by atoms with van der Waals surface area (Å²) in [6, 6.07) is 8.87. The first-order valence-electron chi connectivity index (χ1n) is 7.32. The molecule has 1 atom stereocenters. The molecule has 2 saturated heterocycles. The quantitative estimate of drug-likeness (QED) is 0.825. The summed E-state index contributed by atoms with van der Waals surface area (Å²) < 4.78 is 5.42. The van der Waals surface area contributed by atoms with Gasteiger partial charge in [-0.3, -0.25) is 14.9 Å². The standard InChI is InChI=1S/C16H19NO4/c18-14(19)13-12-6-8-16(17-13,9-7-12)15(20)21-10-11-4-2-1-3-5-11/h1-5,12-13,17H,6-10H2,(H,18,19)/t12?,13-,16?/m0/s1. The van der Waals surface area contributed by atoms with Gasteiger partial charge < -0.3 is 9.84 Å². The van der Waals surface area contributed by atoms with Crippen molar-refractivity contribution in [2.75, 3.05) is 0 Å². The van der Waals surface area contributed by atoms with Gasteiger partial charge in [0.05, 0.1) is 0 Å². The van der Waals surface area contributed by atoms with Crippen molar-refractivity contribution in [2.24, 2.45) is 5.92 Å². The third-order valence-corrected chi connectivity index (χ3v) is 4.66. The van der Waals surface area contributed by atoms with Crippen LogP contribution in [0.2, 0.25) is 0 Å². The Bertz CT molecular complexity index is 534. The number of carbonyl (C=O) groups excluding carboxylic acids is 1. The van der Waals surface area contributed by atoms with E-state index in [4.69, 9.17) is 4.74 Å². The van der Waals surface area contributed by atoms with E-state index in [-0.39, 0.29) is 18.5 Å². The summed E-state index contributed by atoms with van der Waals surface area (Å²) in [6.45, 7) is 0.226. The van der Waals surface area contributed by atoms with Gasteiger partial charge in [-0.2, -0.15) is 0 Å². The molecule has 1 aromatic carbocycles. The molecule has 112 valence electrons. The topological polar surface area (TPSA) is 75.6 Å². The van der Waals surface area contributed by atoms with Crippen LogP contribution in [-0.4, -0.2) is 28.6 Å². The largest absolute Gasteiger partial charge is 0.480 e. The van der Waals surface area contributed by atoms with Gasteiger partial charge in [-0.1, -0.05) is 30.3 Å². The lowest BCUT2D eigenvalue weighted by Crippen LogP contribution is -2.67. The molecule has 1 aromatic rings. The van der Waals surface area contributed by atoms with E-state index in [0.29, 0.717) is 12.8 Å². The summed E-state index contributed by atoms with van der Waals surface area (Å²) in [4.78, 5) is 23.7. The normalized spacial score (nSPS) is 30.9. The molecule has 5 heteroatoms. The van der Waals surface area contributed by atoms with Crippen LogP contribution in [0.4, 0.5) is 0 Å². The number of rotatable bonds is 4. The average molecular weight is 289 g/mol. The van der Waals surface area contributed by atoms with Gasteiger partial charge in [-0.15, -0.1) is 0 Å². The molecule has 0 aromatic heterocycles. The zero-order chi connectivity index (χ0) is 14.9. The molecule has 3 fully saturated rings. The minimum atomic E-state index is -0.875. The van der Waals surface area contributed by atoms with Crippen molar-refractivity contribution in [3.8, 4) is 0 Å². The van der Waals surface area contributed by atoms with E-state index in [2.05, 4.69) is 5.32 Å². The Kier molecular flexibility index (Phi) is 3.68. The van der Waals surface area contributed by atoms with Crippen molar-refractivity contribution in [1.29, 1.82) is 0 Å². The second-order valence-corrected chi connectivity index (χ2v) is 5.94. The number of aliphatic carboxylic acids is 1. The van der Waals surface area contributed by atoms with E-state index in [1.807, 2.05) is 30.3 Å². The van der Waals surface area contributed by atoms with E-state index in [1.165, 1.54) is 0 Å². The highest BCUT2D eigenvalue weighted by atomic mass is 16.5. The van der Waals surface area contributed by atoms with Crippen LogP contribution in [0.3, 0.4) is 0 Å². The first-order chi connectivity index (χ1) is 10.1. The van der Waals surface area contributed by atoms with Crippen LogP contribution in [0.5, 0.6) is 0 Å². The number of nitrogens with one attached hydrogen (secondary N) is 1. The number of carbonyl (C=O) groups is 2. The van der Waals surface area contributed by atoms with Crippen LogP contribution in [-0.2, 0) is 20.9 Å². The van der Waals surface area contributed by atoms with Gasteiger partial charge in [0.15, 0.2) is 0 Å². The fourth-order valence-electron chi connectivity index (χ4n) is 3.41. The molecule has 4 rings (SSSR count). The third-order valence-electron chi connectivity index (χ3n) is 4.66. The lowest BCUT2D eigenvalue weighted by Gasteiger charge is -2.48. The summed E-state index contributed by atoms with van der Waals surface area (Å²) in [5.41, 5.74) is 0.119. The highest BCUT2D eigenvalue weighted by Gasteiger charge is 2.53. The van der Waals surface area contributed by atoms with E-state index < -0.39 is 17.6 Å². The third kappa shape index (κ3) is 2.65. The molecule has 0 unspecified atom stereocenters. The van der Waals surface area contributed by atoms with Gasteiger partial charge in [-0.05, 0) is 37.2 Å². The Morgan fingerprint density at radius 3 is 2.52 bits per heavy atom. The Morgan fingerprint density at radius 1 is 1.24 bits per heavy atom. The highest BCUT2D eigenvalue weighted by Crippen LogP contribution is 2.41. The van der Waals surface area contributed by atoms with Crippen LogP contribution in [0.1, 0.15) is 31.2 Å². The summed E-state index contributed by atoms with van der Waals surface area (Å²) >= 11 is 0. The number of hydrogen-bond acceptors (Lipinski definition) is 4. The number of ether oxygens (including phenoxy) is 1. The predicted octanol–water partition coefficient (Wildman–Crippen LogP) is 1.72. The molecule has 2 heterocycles.